The SMILES string of the molecule is COc1cc(NC(=O)NC(C)CO)ccc1Br. The van der Waals surface area contributed by atoms with Gasteiger partial charge in [-0.25, -0.2) is 4.79 Å². The van der Waals surface area contributed by atoms with Crippen molar-refractivity contribution < 1.29 is 14.6 Å². The Morgan fingerprint density at radius 3 is 2.88 bits per heavy atom. The lowest BCUT2D eigenvalue weighted by Crippen LogP contribution is -2.38. The summed E-state index contributed by atoms with van der Waals surface area (Å²) >= 11 is 3.32. The molecule has 0 radical (unpaired) electrons. The highest BCUT2D eigenvalue weighted by Gasteiger charge is 2.07. The maximum Gasteiger partial charge on any atom is 0.319 e. The topological polar surface area (TPSA) is 70.6 Å². The molecule has 17 heavy (non-hydrogen) atoms. The summed E-state index contributed by atoms with van der Waals surface area (Å²) in [5.41, 5.74) is 0.618. The van der Waals surface area contributed by atoms with Crippen LogP contribution in [0.4, 0.5) is 10.5 Å². The Hall–Kier alpha value is -1.27. The zero-order valence-corrected chi connectivity index (χ0v) is 11.2. The first-order chi connectivity index (χ1) is 8.06. The van der Waals surface area contributed by atoms with Crippen LogP contribution >= 0.6 is 15.9 Å². The van der Waals surface area contributed by atoms with Crippen LogP contribution in [-0.2, 0) is 0 Å². The van der Waals surface area contributed by atoms with Gasteiger partial charge in [0.1, 0.15) is 5.75 Å². The predicted molar refractivity (Wildman–Crippen MR) is 69.4 cm³/mol. The molecule has 0 saturated carbocycles. The minimum absolute atomic E-state index is 0.100. The van der Waals surface area contributed by atoms with Crippen LogP contribution in [0.5, 0.6) is 5.75 Å². The van der Waals surface area contributed by atoms with E-state index in [1.54, 1.807) is 32.2 Å². The summed E-state index contributed by atoms with van der Waals surface area (Å²) in [5, 5.41) is 14.0. The highest BCUT2D eigenvalue weighted by Crippen LogP contribution is 2.27. The quantitative estimate of drug-likeness (QED) is 0.796. The van der Waals surface area contributed by atoms with Gasteiger partial charge < -0.3 is 20.5 Å². The normalized spacial score (nSPS) is 11.8. The van der Waals surface area contributed by atoms with Gasteiger partial charge in [-0.2, -0.15) is 0 Å². The summed E-state index contributed by atoms with van der Waals surface area (Å²) in [6.07, 6.45) is 0. The maximum atomic E-state index is 11.5. The number of hydrogen-bond acceptors (Lipinski definition) is 3. The van der Waals surface area contributed by atoms with E-state index < -0.39 is 0 Å². The van der Waals surface area contributed by atoms with E-state index in [0.29, 0.717) is 11.4 Å². The van der Waals surface area contributed by atoms with E-state index in [1.807, 2.05) is 0 Å². The molecule has 0 aliphatic heterocycles. The third-order valence-corrected chi connectivity index (χ3v) is 2.72. The lowest BCUT2D eigenvalue weighted by atomic mass is 10.3. The van der Waals surface area contributed by atoms with Gasteiger partial charge in [0.05, 0.1) is 24.2 Å². The molecule has 0 aliphatic rings. The first kappa shape index (κ1) is 13.8. The summed E-state index contributed by atoms with van der Waals surface area (Å²) < 4.78 is 5.93. The molecular weight excluding hydrogens is 288 g/mol. The molecule has 0 fully saturated rings. The monoisotopic (exact) mass is 302 g/mol. The number of nitrogens with one attached hydrogen (secondary N) is 2. The average Bonchev–Trinajstić information content (AvgIpc) is 2.31. The molecule has 2 amide bonds. The van der Waals surface area contributed by atoms with Crippen LogP contribution in [0.15, 0.2) is 22.7 Å². The van der Waals surface area contributed by atoms with E-state index in [-0.39, 0.29) is 18.7 Å². The first-order valence-corrected chi connectivity index (χ1v) is 5.88. The number of halogens is 1. The van der Waals surface area contributed by atoms with Crippen LogP contribution < -0.4 is 15.4 Å². The van der Waals surface area contributed by atoms with Gasteiger partial charge in [-0.05, 0) is 35.0 Å². The van der Waals surface area contributed by atoms with Crippen LogP contribution in [0.25, 0.3) is 0 Å². The van der Waals surface area contributed by atoms with E-state index in [4.69, 9.17) is 9.84 Å². The molecule has 0 bridgehead atoms. The Kier molecular flexibility index (Phi) is 5.24. The van der Waals surface area contributed by atoms with Gasteiger partial charge >= 0.3 is 6.03 Å². The van der Waals surface area contributed by atoms with Crippen LogP contribution in [0, 0.1) is 0 Å². The molecule has 0 saturated heterocycles. The molecule has 5 nitrogen and oxygen atoms in total. The third kappa shape index (κ3) is 4.24. The molecule has 1 aromatic rings. The number of rotatable bonds is 4. The maximum absolute atomic E-state index is 11.5. The van der Waals surface area contributed by atoms with Gasteiger partial charge in [0, 0.05) is 11.8 Å². The number of amides is 2. The van der Waals surface area contributed by atoms with E-state index in [1.165, 1.54) is 0 Å². The van der Waals surface area contributed by atoms with E-state index >= 15 is 0 Å². The van der Waals surface area contributed by atoms with Gasteiger partial charge in [0.15, 0.2) is 0 Å². The summed E-state index contributed by atoms with van der Waals surface area (Å²) in [5.74, 6) is 0.637. The minimum atomic E-state index is -0.365. The number of hydrogen-bond donors (Lipinski definition) is 3. The standard InChI is InChI=1S/C11H15BrN2O3/c1-7(6-15)13-11(16)14-8-3-4-9(12)10(5-8)17-2/h3-5,7,15H,6H2,1-2H3,(H2,13,14,16). The second-order valence-corrected chi connectivity index (χ2v) is 4.39. The number of urea groups is 1. The second-order valence-electron chi connectivity index (χ2n) is 3.53. The Morgan fingerprint density at radius 1 is 1.59 bits per heavy atom. The van der Waals surface area contributed by atoms with Gasteiger partial charge in [-0.1, -0.05) is 0 Å². The van der Waals surface area contributed by atoms with Crippen LogP contribution in [0.3, 0.4) is 0 Å². The largest absolute Gasteiger partial charge is 0.495 e. The number of carbonyl (C=O) groups excluding carboxylic acids is 1. The summed E-state index contributed by atoms with van der Waals surface area (Å²) in [6, 6.07) is 4.58. The molecule has 94 valence electrons. The molecule has 0 aromatic heterocycles. The zero-order chi connectivity index (χ0) is 12.8. The molecule has 1 atom stereocenters. The molecular formula is C11H15BrN2O3. The van der Waals surface area contributed by atoms with E-state index in [9.17, 15) is 4.79 Å². The van der Waals surface area contributed by atoms with Crippen LogP contribution in [-0.4, -0.2) is 30.9 Å². The second kappa shape index (κ2) is 6.46. The molecule has 1 unspecified atom stereocenters. The van der Waals surface area contributed by atoms with Crippen molar-refractivity contribution in [3.63, 3.8) is 0 Å². The Labute approximate surface area is 108 Å². The number of anilines is 1. The van der Waals surface area contributed by atoms with Crippen molar-refractivity contribution in [3.05, 3.63) is 22.7 Å². The van der Waals surface area contributed by atoms with Crippen molar-refractivity contribution in [2.24, 2.45) is 0 Å². The van der Waals surface area contributed by atoms with Crippen LogP contribution in [0.2, 0.25) is 0 Å². The highest BCUT2D eigenvalue weighted by molar-refractivity contribution is 9.10. The summed E-state index contributed by atoms with van der Waals surface area (Å²) in [6.45, 7) is 1.61. The number of aliphatic hydroxyl groups is 1. The zero-order valence-electron chi connectivity index (χ0n) is 9.66. The van der Waals surface area contributed by atoms with Crippen molar-refractivity contribution in [1.29, 1.82) is 0 Å². The Balaban J connectivity index is 2.65. The highest BCUT2D eigenvalue weighted by atomic mass is 79.9. The number of ether oxygens (including phenoxy) is 1. The van der Waals surface area contributed by atoms with Gasteiger partial charge in [-0.3, -0.25) is 0 Å². The third-order valence-electron chi connectivity index (χ3n) is 2.06. The first-order valence-electron chi connectivity index (χ1n) is 5.08. The fourth-order valence-electron chi connectivity index (χ4n) is 1.17. The molecule has 3 N–H and O–H groups in total. The van der Waals surface area contributed by atoms with Gasteiger partial charge in [-0.15, -0.1) is 0 Å². The summed E-state index contributed by atoms with van der Waals surface area (Å²) in [7, 11) is 1.55. The minimum Gasteiger partial charge on any atom is -0.495 e. The fraction of sp³-hybridized carbons (Fsp3) is 0.364. The number of aliphatic hydroxyl groups excluding tert-OH is 1. The lowest BCUT2D eigenvalue weighted by Gasteiger charge is -2.12. The molecule has 0 aliphatic carbocycles. The van der Waals surface area contributed by atoms with Gasteiger partial charge in [0.25, 0.3) is 0 Å². The molecule has 1 rings (SSSR count). The number of carbonyl (C=O) groups is 1. The van der Waals surface area contributed by atoms with Crippen molar-refractivity contribution in [1.82, 2.24) is 5.32 Å². The molecule has 6 heteroatoms. The van der Waals surface area contributed by atoms with Crippen molar-refractivity contribution in [2.45, 2.75) is 13.0 Å². The molecule has 1 aromatic carbocycles. The van der Waals surface area contributed by atoms with Crippen molar-refractivity contribution >= 4 is 27.6 Å². The Morgan fingerprint density at radius 2 is 2.29 bits per heavy atom. The van der Waals surface area contributed by atoms with Gasteiger partial charge in [0.2, 0.25) is 0 Å². The van der Waals surface area contributed by atoms with E-state index in [2.05, 4.69) is 26.6 Å². The van der Waals surface area contributed by atoms with Crippen molar-refractivity contribution in [2.75, 3.05) is 19.0 Å². The number of benzene rings is 1. The molecule has 0 heterocycles. The number of methoxy groups -OCH3 is 1. The lowest BCUT2D eigenvalue weighted by molar-refractivity contribution is 0.229. The predicted octanol–water partition coefficient (Wildman–Crippen LogP) is 1.96. The van der Waals surface area contributed by atoms with Crippen molar-refractivity contribution in [3.8, 4) is 5.75 Å². The van der Waals surface area contributed by atoms with Crippen LogP contribution in [0.1, 0.15) is 6.92 Å². The molecule has 0 spiro atoms. The smallest absolute Gasteiger partial charge is 0.319 e. The fourth-order valence-corrected chi connectivity index (χ4v) is 1.58. The Bertz CT molecular complexity index is 398. The van der Waals surface area contributed by atoms with E-state index in [0.717, 1.165) is 4.47 Å². The average molecular weight is 303 g/mol. The summed E-state index contributed by atoms with van der Waals surface area (Å²) in [4.78, 5) is 11.5.